The van der Waals surface area contributed by atoms with Gasteiger partial charge >= 0.3 is 0 Å². The van der Waals surface area contributed by atoms with Gasteiger partial charge in [-0.25, -0.2) is 0 Å². The third-order valence-electron chi connectivity index (χ3n) is 3.83. The van der Waals surface area contributed by atoms with Crippen LogP contribution in [0.5, 0.6) is 0 Å². The van der Waals surface area contributed by atoms with Gasteiger partial charge in [0.05, 0.1) is 0 Å². The van der Waals surface area contributed by atoms with Crippen LogP contribution in [0.25, 0.3) is 0 Å². The lowest BCUT2D eigenvalue weighted by atomic mass is 10.1. The van der Waals surface area contributed by atoms with Crippen molar-refractivity contribution in [2.45, 2.75) is 27.2 Å². The first kappa shape index (κ1) is 21.5. The van der Waals surface area contributed by atoms with Crippen molar-refractivity contribution < 1.29 is 9.59 Å². The molecule has 28 heavy (non-hydrogen) atoms. The van der Waals surface area contributed by atoms with Crippen molar-refractivity contribution in [1.29, 1.82) is 0 Å². The second-order valence-corrected chi connectivity index (χ2v) is 6.98. The first-order valence-electron chi connectivity index (χ1n) is 8.69. The highest BCUT2D eigenvalue weighted by atomic mass is 32.1. The van der Waals surface area contributed by atoms with Gasteiger partial charge in [-0.2, -0.15) is 0 Å². The lowest BCUT2D eigenvalue weighted by molar-refractivity contribution is -0.119. The number of hydrogen-bond donors (Lipinski definition) is 4. The topological polar surface area (TPSA) is 82.3 Å². The Hall–Kier alpha value is -2.84. The number of benzene rings is 2. The van der Waals surface area contributed by atoms with Gasteiger partial charge in [-0.15, -0.1) is 0 Å². The lowest BCUT2D eigenvalue weighted by Gasteiger charge is -2.12. The Balaban J connectivity index is 1.91. The summed E-state index contributed by atoms with van der Waals surface area (Å²) >= 11 is 10.3. The minimum absolute atomic E-state index is 0.152. The van der Waals surface area contributed by atoms with E-state index in [1.54, 1.807) is 37.3 Å². The Morgan fingerprint density at radius 1 is 0.857 bits per heavy atom. The maximum Gasteiger partial charge on any atom is 0.257 e. The number of nitrogens with one attached hydrogen (secondary N) is 4. The van der Waals surface area contributed by atoms with Crippen LogP contribution in [0.4, 0.5) is 11.4 Å². The molecule has 146 valence electrons. The summed E-state index contributed by atoms with van der Waals surface area (Å²) < 4.78 is 0. The number of rotatable bonds is 4. The molecule has 0 bridgehead atoms. The zero-order chi connectivity index (χ0) is 20.7. The van der Waals surface area contributed by atoms with Gasteiger partial charge in [0, 0.05) is 23.4 Å². The second-order valence-electron chi connectivity index (χ2n) is 6.16. The molecule has 0 saturated heterocycles. The Morgan fingerprint density at radius 3 is 1.89 bits per heavy atom. The summed E-state index contributed by atoms with van der Waals surface area (Å²) in [6.45, 7) is 5.61. The summed E-state index contributed by atoms with van der Waals surface area (Å²) in [5, 5.41) is 11.6. The summed E-state index contributed by atoms with van der Waals surface area (Å²) in [5.41, 5.74) is 3.99. The van der Waals surface area contributed by atoms with Crippen molar-refractivity contribution in [3.63, 3.8) is 0 Å². The molecular formula is C20H22N4O2S2. The van der Waals surface area contributed by atoms with Crippen molar-refractivity contribution in [3.8, 4) is 0 Å². The molecular weight excluding hydrogens is 392 g/mol. The molecule has 2 aromatic carbocycles. The number of aryl methyl sites for hydroxylation is 2. The minimum Gasteiger partial charge on any atom is -0.332 e. The Kier molecular flexibility index (Phi) is 7.60. The molecule has 0 heterocycles. The maximum atomic E-state index is 12.4. The Labute approximate surface area is 175 Å². The van der Waals surface area contributed by atoms with Crippen LogP contribution < -0.4 is 21.3 Å². The van der Waals surface area contributed by atoms with E-state index in [2.05, 4.69) is 21.3 Å². The highest BCUT2D eigenvalue weighted by Gasteiger charge is 2.11. The molecule has 0 aliphatic rings. The van der Waals surface area contributed by atoms with E-state index in [0.29, 0.717) is 17.7 Å². The van der Waals surface area contributed by atoms with Crippen molar-refractivity contribution in [3.05, 3.63) is 59.2 Å². The smallest absolute Gasteiger partial charge is 0.257 e. The molecule has 4 N–H and O–H groups in total. The van der Waals surface area contributed by atoms with Gasteiger partial charge in [-0.1, -0.05) is 24.6 Å². The minimum atomic E-state index is -0.259. The molecule has 0 spiro atoms. The number of amides is 2. The number of thiocarbonyl (C=S) groups is 2. The molecule has 0 saturated carbocycles. The number of anilines is 2. The van der Waals surface area contributed by atoms with Crippen LogP contribution in [0.3, 0.4) is 0 Å². The number of carbonyl (C=O) groups excluding carboxylic acids is 2. The number of carbonyl (C=O) groups is 2. The summed E-state index contributed by atoms with van der Waals surface area (Å²) in [6, 6.07) is 12.7. The van der Waals surface area contributed by atoms with Crippen LogP contribution in [0.15, 0.2) is 42.5 Å². The molecule has 8 heteroatoms. The molecule has 0 aliphatic carbocycles. The van der Waals surface area contributed by atoms with E-state index in [4.69, 9.17) is 24.4 Å². The molecule has 0 unspecified atom stereocenters. The summed E-state index contributed by atoms with van der Waals surface area (Å²) in [6.07, 6.45) is 0.357. The zero-order valence-electron chi connectivity index (χ0n) is 15.9. The normalized spacial score (nSPS) is 9.96. The molecule has 6 nitrogen and oxygen atoms in total. The van der Waals surface area contributed by atoms with E-state index in [1.807, 2.05) is 26.0 Å². The van der Waals surface area contributed by atoms with E-state index >= 15 is 0 Å². The van der Waals surface area contributed by atoms with Crippen LogP contribution in [-0.4, -0.2) is 22.0 Å². The number of hydrogen-bond acceptors (Lipinski definition) is 4. The van der Waals surface area contributed by atoms with Gasteiger partial charge in [-0.05, 0) is 74.2 Å². The van der Waals surface area contributed by atoms with Gasteiger partial charge < -0.3 is 16.0 Å². The van der Waals surface area contributed by atoms with Gasteiger partial charge in [0.25, 0.3) is 5.91 Å². The van der Waals surface area contributed by atoms with E-state index < -0.39 is 0 Å². The predicted molar refractivity (Wildman–Crippen MR) is 121 cm³/mol. The zero-order valence-corrected chi connectivity index (χ0v) is 17.5. The molecule has 0 radical (unpaired) electrons. The summed E-state index contributed by atoms with van der Waals surface area (Å²) in [4.78, 5) is 23.7. The molecule has 2 aromatic rings. The van der Waals surface area contributed by atoms with Gasteiger partial charge in [0.1, 0.15) is 0 Å². The van der Waals surface area contributed by atoms with Crippen LogP contribution in [0.2, 0.25) is 0 Å². The van der Waals surface area contributed by atoms with Crippen LogP contribution in [0, 0.1) is 13.8 Å². The standard InChI is InChI=1S/C20H22N4O2S2/c1-4-17(25)23-19(27)21-14-6-8-15(9-7-14)22-20(28)24-18(26)16-10-5-12(2)11-13(16)3/h5-11H,4H2,1-3H3,(H2,21,23,25,27)(H2,22,24,26,28). The molecule has 0 atom stereocenters. The van der Waals surface area contributed by atoms with Crippen molar-refractivity contribution in [1.82, 2.24) is 10.6 Å². The highest BCUT2D eigenvalue weighted by molar-refractivity contribution is 7.80. The quantitative estimate of drug-likeness (QED) is 0.572. The maximum absolute atomic E-state index is 12.4. The van der Waals surface area contributed by atoms with Crippen LogP contribution in [-0.2, 0) is 4.79 Å². The first-order valence-corrected chi connectivity index (χ1v) is 9.50. The fourth-order valence-corrected chi connectivity index (χ4v) is 2.86. The first-order chi connectivity index (χ1) is 13.3. The van der Waals surface area contributed by atoms with Crippen molar-refractivity contribution in [2.24, 2.45) is 0 Å². The van der Waals surface area contributed by atoms with E-state index in [1.165, 1.54) is 0 Å². The second kappa shape index (κ2) is 9.91. The van der Waals surface area contributed by atoms with Crippen molar-refractivity contribution >= 4 is 57.8 Å². The summed E-state index contributed by atoms with van der Waals surface area (Å²) in [5.74, 6) is -0.411. The van der Waals surface area contributed by atoms with Gasteiger partial charge in [0.15, 0.2) is 10.2 Å². The Bertz CT molecular complexity index is 911. The Morgan fingerprint density at radius 2 is 1.39 bits per heavy atom. The van der Waals surface area contributed by atoms with Crippen molar-refractivity contribution in [2.75, 3.05) is 10.6 Å². The van der Waals surface area contributed by atoms with Crippen LogP contribution >= 0.6 is 24.4 Å². The molecule has 0 aliphatic heterocycles. The summed E-state index contributed by atoms with van der Waals surface area (Å²) in [7, 11) is 0. The predicted octanol–water partition coefficient (Wildman–Crippen LogP) is 3.65. The van der Waals surface area contributed by atoms with E-state index in [9.17, 15) is 9.59 Å². The van der Waals surface area contributed by atoms with E-state index in [0.717, 1.165) is 16.8 Å². The third-order valence-corrected chi connectivity index (χ3v) is 4.24. The highest BCUT2D eigenvalue weighted by Crippen LogP contribution is 2.14. The molecule has 2 rings (SSSR count). The lowest BCUT2D eigenvalue weighted by Crippen LogP contribution is -2.34. The average Bonchev–Trinajstić information content (AvgIpc) is 2.62. The monoisotopic (exact) mass is 414 g/mol. The van der Waals surface area contributed by atoms with E-state index in [-0.39, 0.29) is 22.0 Å². The SMILES string of the molecule is CCC(=O)NC(=S)Nc1ccc(NC(=S)NC(=O)c2ccc(C)cc2C)cc1. The largest absolute Gasteiger partial charge is 0.332 e. The van der Waals surface area contributed by atoms with Gasteiger partial charge in [0.2, 0.25) is 5.91 Å². The molecule has 2 amide bonds. The molecule has 0 aromatic heterocycles. The fraction of sp³-hybridized carbons (Fsp3) is 0.200. The van der Waals surface area contributed by atoms with Gasteiger partial charge in [-0.3, -0.25) is 14.9 Å². The van der Waals surface area contributed by atoms with Crippen LogP contribution in [0.1, 0.15) is 34.8 Å². The molecule has 0 fully saturated rings. The fourth-order valence-electron chi connectivity index (χ4n) is 2.42. The average molecular weight is 415 g/mol. The third kappa shape index (κ3) is 6.40.